The van der Waals surface area contributed by atoms with Crippen LogP contribution in [0.1, 0.15) is 28.8 Å². The van der Waals surface area contributed by atoms with Crippen molar-refractivity contribution in [2.45, 2.75) is 25.4 Å². The summed E-state index contributed by atoms with van der Waals surface area (Å²) < 4.78 is 26.8. The first-order chi connectivity index (χ1) is 9.49. The highest BCUT2D eigenvalue weighted by molar-refractivity contribution is 6.05. The van der Waals surface area contributed by atoms with Crippen LogP contribution in [0.15, 0.2) is 12.1 Å². The number of fused-ring (bicyclic) bond motifs is 1. The third-order valence-electron chi connectivity index (χ3n) is 3.60. The molecule has 1 unspecified atom stereocenters. The molecule has 5 nitrogen and oxygen atoms in total. The fraction of sp³-hybridized carbons (Fsp3) is 0.308. The lowest BCUT2D eigenvalue weighted by atomic mass is 10.0. The molecule has 1 saturated heterocycles. The summed E-state index contributed by atoms with van der Waals surface area (Å²) in [6.45, 7) is -0.163. The molecule has 3 rings (SSSR count). The predicted octanol–water partition coefficient (Wildman–Crippen LogP) is 0.726. The number of imide groups is 1. The summed E-state index contributed by atoms with van der Waals surface area (Å²) in [6, 6.07) is 1.28. The van der Waals surface area contributed by atoms with Gasteiger partial charge in [-0.05, 0) is 18.6 Å². The van der Waals surface area contributed by atoms with Crippen molar-refractivity contribution >= 4 is 17.7 Å². The highest BCUT2D eigenvalue weighted by atomic mass is 19.2. The Morgan fingerprint density at radius 3 is 2.65 bits per heavy atom. The van der Waals surface area contributed by atoms with Gasteiger partial charge in [0.1, 0.15) is 6.04 Å². The van der Waals surface area contributed by atoms with Crippen LogP contribution in [0, 0.1) is 11.6 Å². The number of nitrogens with one attached hydrogen (secondary N) is 1. The number of halogens is 2. The number of rotatable bonds is 1. The first-order valence-electron chi connectivity index (χ1n) is 6.10. The lowest BCUT2D eigenvalue weighted by Gasteiger charge is -2.29. The molecule has 0 bridgehead atoms. The summed E-state index contributed by atoms with van der Waals surface area (Å²) in [7, 11) is 0. The molecule has 1 aromatic carbocycles. The maximum absolute atomic E-state index is 13.7. The Morgan fingerprint density at radius 2 is 1.95 bits per heavy atom. The van der Waals surface area contributed by atoms with Gasteiger partial charge in [-0.2, -0.15) is 0 Å². The number of hydrogen-bond donors (Lipinski definition) is 1. The van der Waals surface area contributed by atoms with E-state index in [4.69, 9.17) is 0 Å². The number of nitrogens with zero attached hydrogens (tertiary/aromatic N) is 1. The van der Waals surface area contributed by atoms with E-state index >= 15 is 0 Å². The molecule has 2 heterocycles. The average Bonchev–Trinajstić information content (AvgIpc) is 2.72. The second-order valence-electron chi connectivity index (χ2n) is 4.79. The van der Waals surface area contributed by atoms with Crippen molar-refractivity contribution in [3.8, 4) is 0 Å². The largest absolute Gasteiger partial charge is 0.322 e. The molecule has 0 aliphatic carbocycles. The molecule has 20 heavy (non-hydrogen) atoms. The van der Waals surface area contributed by atoms with E-state index in [1.54, 1.807) is 0 Å². The van der Waals surface area contributed by atoms with Gasteiger partial charge >= 0.3 is 0 Å². The van der Waals surface area contributed by atoms with Crippen LogP contribution >= 0.6 is 0 Å². The van der Waals surface area contributed by atoms with E-state index in [-0.39, 0.29) is 30.5 Å². The Kier molecular flexibility index (Phi) is 2.77. The lowest BCUT2D eigenvalue weighted by Crippen LogP contribution is -2.52. The fourth-order valence-electron chi connectivity index (χ4n) is 2.58. The fourth-order valence-corrected chi connectivity index (χ4v) is 2.58. The summed E-state index contributed by atoms with van der Waals surface area (Å²) in [5.74, 6) is -3.59. The average molecular weight is 280 g/mol. The first-order valence-corrected chi connectivity index (χ1v) is 6.10. The van der Waals surface area contributed by atoms with Gasteiger partial charge in [0.25, 0.3) is 5.91 Å². The zero-order valence-electron chi connectivity index (χ0n) is 10.3. The van der Waals surface area contributed by atoms with Gasteiger partial charge in [0, 0.05) is 17.5 Å². The first kappa shape index (κ1) is 12.7. The van der Waals surface area contributed by atoms with Crippen LogP contribution in [0.5, 0.6) is 0 Å². The molecule has 1 atom stereocenters. The quantitative estimate of drug-likeness (QED) is 0.771. The SMILES string of the molecule is O=C1CCC(N2Cc3c(ccc(F)c3F)C2=O)C(=O)N1. The summed E-state index contributed by atoms with van der Waals surface area (Å²) in [5.41, 5.74) is 0.0216. The second-order valence-corrected chi connectivity index (χ2v) is 4.79. The smallest absolute Gasteiger partial charge is 0.255 e. The molecule has 7 heteroatoms. The van der Waals surface area contributed by atoms with Crippen molar-refractivity contribution < 1.29 is 23.2 Å². The number of piperidine rings is 1. The second kappa shape index (κ2) is 4.36. The van der Waals surface area contributed by atoms with E-state index in [0.717, 1.165) is 6.07 Å². The van der Waals surface area contributed by atoms with Gasteiger partial charge in [0.15, 0.2) is 11.6 Å². The molecular weight excluding hydrogens is 270 g/mol. The predicted molar refractivity (Wildman–Crippen MR) is 62.4 cm³/mol. The molecule has 1 N–H and O–H groups in total. The van der Waals surface area contributed by atoms with Gasteiger partial charge in [-0.15, -0.1) is 0 Å². The van der Waals surface area contributed by atoms with Gasteiger partial charge in [-0.1, -0.05) is 0 Å². The molecule has 0 aromatic heterocycles. The minimum atomic E-state index is -1.06. The van der Waals surface area contributed by atoms with Crippen LogP contribution in [0.2, 0.25) is 0 Å². The van der Waals surface area contributed by atoms with Crippen molar-refractivity contribution in [1.29, 1.82) is 0 Å². The molecule has 0 spiro atoms. The molecule has 1 aromatic rings. The van der Waals surface area contributed by atoms with Crippen molar-refractivity contribution in [2.75, 3.05) is 0 Å². The number of carbonyl (C=O) groups is 3. The van der Waals surface area contributed by atoms with Crippen LogP contribution in [-0.4, -0.2) is 28.7 Å². The van der Waals surface area contributed by atoms with Crippen molar-refractivity contribution in [1.82, 2.24) is 10.2 Å². The van der Waals surface area contributed by atoms with E-state index in [2.05, 4.69) is 5.32 Å². The molecule has 0 saturated carbocycles. The zero-order chi connectivity index (χ0) is 14.4. The molecule has 3 amide bonds. The van der Waals surface area contributed by atoms with Crippen molar-refractivity contribution in [3.05, 3.63) is 34.9 Å². The standard InChI is InChI=1S/C13H10F2N2O3/c14-8-2-1-6-7(11(8)15)5-17(13(6)20)9-3-4-10(18)16-12(9)19/h1-2,9H,3-5H2,(H,16,18,19). The van der Waals surface area contributed by atoms with Crippen LogP contribution in [0.25, 0.3) is 0 Å². The summed E-state index contributed by atoms with van der Waals surface area (Å²) in [4.78, 5) is 36.2. The lowest BCUT2D eigenvalue weighted by molar-refractivity contribution is -0.136. The Morgan fingerprint density at radius 1 is 1.20 bits per heavy atom. The number of amides is 3. The minimum Gasteiger partial charge on any atom is -0.322 e. The van der Waals surface area contributed by atoms with Crippen LogP contribution in [-0.2, 0) is 16.1 Å². The normalized spacial score (nSPS) is 22.0. The van der Waals surface area contributed by atoms with E-state index in [0.29, 0.717) is 0 Å². The molecule has 2 aliphatic heterocycles. The van der Waals surface area contributed by atoms with Gasteiger partial charge in [0.05, 0.1) is 6.54 Å². The molecule has 104 valence electrons. The minimum absolute atomic E-state index is 0.0419. The summed E-state index contributed by atoms with van der Waals surface area (Å²) in [5, 5.41) is 2.14. The molecule has 1 fully saturated rings. The zero-order valence-corrected chi connectivity index (χ0v) is 10.3. The monoisotopic (exact) mass is 280 g/mol. The third kappa shape index (κ3) is 1.77. The van der Waals surface area contributed by atoms with E-state index < -0.39 is 35.4 Å². The van der Waals surface area contributed by atoms with Crippen LogP contribution in [0.4, 0.5) is 8.78 Å². The molecule has 0 radical (unpaired) electrons. The Balaban J connectivity index is 1.92. The maximum atomic E-state index is 13.7. The molecular formula is C13H10F2N2O3. The Labute approximate surface area is 112 Å². The van der Waals surface area contributed by atoms with Gasteiger partial charge in [0.2, 0.25) is 11.8 Å². The van der Waals surface area contributed by atoms with E-state index in [1.165, 1.54) is 11.0 Å². The third-order valence-corrected chi connectivity index (χ3v) is 3.60. The highest BCUT2D eigenvalue weighted by Gasteiger charge is 2.40. The molecule has 2 aliphatic rings. The van der Waals surface area contributed by atoms with Crippen molar-refractivity contribution in [3.63, 3.8) is 0 Å². The highest BCUT2D eigenvalue weighted by Crippen LogP contribution is 2.30. The Bertz CT molecular complexity index is 645. The summed E-state index contributed by atoms with van der Waals surface area (Å²) in [6.07, 6.45) is 0.307. The number of hydrogen-bond acceptors (Lipinski definition) is 3. The van der Waals surface area contributed by atoms with Gasteiger partial charge in [-0.3, -0.25) is 19.7 Å². The topological polar surface area (TPSA) is 66.5 Å². The van der Waals surface area contributed by atoms with Crippen LogP contribution in [0.3, 0.4) is 0 Å². The Hall–Kier alpha value is -2.31. The van der Waals surface area contributed by atoms with Gasteiger partial charge in [-0.25, -0.2) is 8.78 Å². The number of carbonyl (C=O) groups excluding carboxylic acids is 3. The maximum Gasteiger partial charge on any atom is 0.255 e. The van der Waals surface area contributed by atoms with Crippen molar-refractivity contribution in [2.24, 2.45) is 0 Å². The van der Waals surface area contributed by atoms with E-state index in [1.807, 2.05) is 0 Å². The summed E-state index contributed by atoms with van der Waals surface area (Å²) >= 11 is 0. The van der Waals surface area contributed by atoms with Gasteiger partial charge < -0.3 is 4.90 Å². The van der Waals surface area contributed by atoms with E-state index in [9.17, 15) is 23.2 Å². The van der Waals surface area contributed by atoms with Crippen LogP contribution < -0.4 is 5.32 Å². The number of benzene rings is 1.